The molecular formula is C29H36O12. The third-order valence-electron chi connectivity index (χ3n) is 8.15. The summed E-state index contributed by atoms with van der Waals surface area (Å²) < 4.78 is 35.9. The molecule has 0 radical (unpaired) electrons. The Kier molecular flexibility index (Phi) is 7.72. The van der Waals surface area contributed by atoms with Gasteiger partial charge in [0.2, 0.25) is 0 Å². The summed E-state index contributed by atoms with van der Waals surface area (Å²) in [4.78, 5) is 63.5. The zero-order chi connectivity index (χ0) is 30.5. The first-order valence-electron chi connectivity index (χ1n) is 13.4. The van der Waals surface area contributed by atoms with Crippen molar-refractivity contribution in [1.29, 1.82) is 0 Å². The number of hydrogen-bond acceptors (Lipinski definition) is 12. The van der Waals surface area contributed by atoms with Crippen LogP contribution in [-0.4, -0.2) is 81.8 Å². The van der Waals surface area contributed by atoms with Crippen molar-refractivity contribution in [2.24, 2.45) is 5.92 Å². The van der Waals surface area contributed by atoms with Gasteiger partial charge in [0.15, 0.2) is 23.4 Å². The molecule has 1 spiro atoms. The van der Waals surface area contributed by atoms with Gasteiger partial charge in [-0.1, -0.05) is 18.2 Å². The summed E-state index contributed by atoms with van der Waals surface area (Å²) in [6, 6.07) is 7.97. The lowest BCUT2D eigenvalue weighted by molar-refractivity contribution is -0.351. The van der Waals surface area contributed by atoms with Gasteiger partial charge < -0.3 is 33.5 Å². The molecule has 1 heterocycles. The van der Waals surface area contributed by atoms with Crippen molar-refractivity contribution in [3.8, 4) is 0 Å². The predicted molar refractivity (Wildman–Crippen MR) is 138 cm³/mol. The van der Waals surface area contributed by atoms with Crippen LogP contribution in [0.2, 0.25) is 0 Å². The normalized spacial score (nSPS) is 36.7. The van der Waals surface area contributed by atoms with Crippen molar-refractivity contribution in [2.45, 2.75) is 108 Å². The van der Waals surface area contributed by atoms with Crippen molar-refractivity contribution in [2.75, 3.05) is 0 Å². The summed E-state index contributed by atoms with van der Waals surface area (Å²) in [7, 11) is 0. The number of fused-ring (bicyclic) bond motifs is 1. The second-order valence-corrected chi connectivity index (χ2v) is 11.7. The van der Waals surface area contributed by atoms with Gasteiger partial charge in [-0.05, 0) is 32.9 Å². The van der Waals surface area contributed by atoms with E-state index in [0.717, 1.165) is 20.8 Å². The van der Waals surface area contributed by atoms with Gasteiger partial charge in [-0.15, -0.1) is 0 Å². The molecule has 1 aromatic rings. The van der Waals surface area contributed by atoms with Crippen LogP contribution in [0.4, 0.5) is 0 Å². The fourth-order valence-electron chi connectivity index (χ4n) is 7.20. The largest absolute Gasteiger partial charge is 0.462 e. The van der Waals surface area contributed by atoms with E-state index in [0.29, 0.717) is 0 Å². The lowest BCUT2D eigenvalue weighted by atomic mass is 9.52. The van der Waals surface area contributed by atoms with Crippen LogP contribution < -0.4 is 0 Å². The number of carbonyl (C=O) groups excluding carboxylic acids is 5. The van der Waals surface area contributed by atoms with Gasteiger partial charge in [0.05, 0.1) is 17.1 Å². The number of esters is 5. The summed E-state index contributed by atoms with van der Waals surface area (Å²) in [5.41, 5.74) is -7.38. The fourth-order valence-corrected chi connectivity index (χ4v) is 7.20. The van der Waals surface area contributed by atoms with Crippen molar-refractivity contribution in [3.05, 3.63) is 35.9 Å². The van der Waals surface area contributed by atoms with Gasteiger partial charge in [0, 0.05) is 40.5 Å². The number of aliphatic hydroxyl groups is 1. The lowest BCUT2D eigenvalue weighted by Gasteiger charge is -2.63. The Bertz CT molecular complexity index is 1240. The topological polar surface area (TPSA) is 161 Å². The first kappa shape index (κ1) is 30.4. The second kappa shape index (κ2) is 10.4. The van der Waals surface area contributed by atoms with Crippen molar-refractivity contribution in [1.82, 2.24) is 0 Å². The van der Waals surface area contributed by atoms with E-state index in [9.17, 15) is 29.1 Å². The molecule has 2 saturated carbocycles. The standard InChI is InChI=1S/C29H36O12/c1-15(30)36-20-13-27(7,35)29-23(38-17(3)32)21(26(5,6)41-29)22(37-16(2)31)24(28(29,14-20)40-18(4)33)39-25(34)19-11-9-8-10-12-19/h8-12,20-24,35H,13-14H2,1-7H3/t20-,21+,22+,23+,24+,27-,28+,29-/m0/s1. The Hall–Kier alpha value is -3.51. The molecule has 3 fully saturated rings. The van der Waals surface area contributed by atoms with Crippen LogP contribution in [0.15, 0.2) is 30.3 Å². The number of ether oxygens (including phenoxy) is 6. The Balaban J connectivity index is 2.05. The Morgan fingerprint density at radius 2 is 1.37 bits per heavy atom. The molecular weight excluding hydrogens is 540 g/mol. The maximum atomic E-state index is 13.5. The third-order valence-corrected chi connectivity index (χ3v) is 8.15. The minimum atomic E-state index is -2.17. The first-order chi connectivity index (χ1) is 19.0. The van der Waals surface area contributed by atoms with Gasteiger partial charge in [-0.3, -0.25) is 19.2 Å². The fraction of sp³-hybridized carbons (Fsp3) is 0.621. The van der Waals surface area contributed by atoms with Crippen molar-refractivity contribution < 1.29 is 57.5 Å². The van der Waals surface area contributed by atoms with Gasteiger partial charge in [-0.2, -0.15) is 0 Å². The molecule has 224 valence electrons. The molecule has 0 aromatic heterocycles. The first-order valence-corrected chi connectivity index (χ1v) is 13.4. The SMILES string of the molecule is CC(=O)O[C@H]1C[C@](C)(O)[C@]23OC(C)(C)[C@H]([C@@H](OC(C)=O)[C@@H](OC(=O)c4ccccc4)[C@]2(OC(C)=O)C1)[C@H]3OC(C)=O. The molecule has 8 atom stereocenters. The van der Waals surface area contributed by atoms with E-state index in [4.69, 9.17) is 28.4 Å². The smallest absolute Gasteiger partial charge is 0.338 e. The number of rotatable bonds is 6. The summed E-state index contributed by atoms with van der Waals surface area (Å²) in [5, 5.41) is 12.2. The van der Waals surface area contributed by atoms with E-state index >= 15 is 0 Å². The Labute approximate surface area is 237 Å². The van der Waals surface area contributed by atoms with Crippen LogP contribution in [0.25, 0.3) is 0 Å². The van der Waals surface area contributed by atoms with E-state index in [2.05, 4.69) is 0 Å². The summed E-state index contributed by atoms with van der Waals surface area (Å²) in [6.07, 6.45) is -5.93. The Morgan fingerprint density at radius 3 is 1.90 bits per heavy atom. The molecule has 12 nitrogen and oxygen atoms in total. The van der Waals surface area contributed by atoms with Crippen LogP contribution >= 0.6 is 0 Å². The molecule has 41 heavy (non-hydrogen) atoms. The maximum absolute atomic E-state index is 13.5. The lowest BCUT2D eigenvalue weighted by Crippen LogP contribution is -2.84. The van der Waals surface area contributed by atoms with E-state index in [-0.39, 0.29) is 18.4 Å². The quantitative estimate of drug-likeness (QED) is 0.388. The molecule has 1 aromatic carbocycles. The average Bonchev–Trinajstić information content (AvgIpc) is 3.02. The zero-order valence-electron chi connectivity index (χ0n) is 24.1. The third kappa shape index (κ3) is 4.97. The van der Waals surface area contributed by atoms with Gasteiger partial charge in [0.1, 0.15) is 17.8 Å². The minimum Gasteiger partial charge on any atom is -0.462 e. The van der Waals surface area contributed by atoms with Crippen LogP contribution in [0, 0.1) is 5.92 Å². The average molecular weight is 577 g/mol. The van der Waals surface area contributed by atoms with Crippen LogP contribution in [0.1, 0.15) is 71.7 Å². The molecule has 1 N–H and O–H groups in total. The molecule has 1 aliphatic heterocycles. The zero-order valence-corrected chi connectivity index (χ0v) is 24.1. The number of hydrogen-bond donors (Lipinski definition) is 1. The highest BCUT2D eigenvalue weighted by atomic mass is 16.7. The molecule has 1 saturated heterocycles. The number of carbonyl (C=O) groups is 5. The van der Waals surface area contributed by atoms with Gasteiger partial charge in [-0.25, -0.2) is 4.79 Å². The molecule has 2 bridgehead atoms. The van der Waals surface area contributed by atoms with Crippen molar-refractivity contribution in [3.63, 3.8) is 0 Å². The van der Waals surface area contributed by atoms with Crippen LogP contribution in [-0.2, 0) is 47.6 Å². The van der Waals surface area contributed by atoms with Crippen LogP contribution in [0.3, 0.4) is 0 Å². The number of benzene rings is 1. The summed E-state index contributed by atoms with van der Waals surface area (Å²) in [6.45, 7) is 9.28. The van der Waals surface area contributed by atoms with E-state index in [1.54, 1.807) is 32.0 Å². The molecule has 3 aliphatic rings. The highest BCUT2D eigenvalue weighted by Crippen LogP contribution is 2.66. The molecule has 0 unspecified atom stereocenters. The van der Waals surface area contributed by atoms with E-state index in [1.807, 2.05) is 0 Å². The minimum absolute atomic E-state index is 0.148. The van der Waals surface area contributed by atoms with Gasteiger partial charge >= 0.3 is 29.8 Å². The predicted octanol–water partition coefficient (Wildman–Crippen LogP) is 2.03. The Morgan fingerprint density at radius 1 is 0.780 bits per heavy atom. The molecule has 12 heteroatoms. The van der Waals surface area contributed by atoms with E-state index < -0.39 is 82.6 Å². The monoisotopic (exact) mass is 576 g/mol. The molecule has 4 rings (SSSR count). The molecule has 0 amide bonds. The summed E-state index contributed by atoms with van der Waals surface area (Å²) in [5.74, 6) is -4.87. The summed E-state index contributed by atoms with van der Waals surface area (Å²) >= 11 is 0. The molecule has 2 aliphatic carbocycles. The highest BCUT2D eigenvalue weighted by Gasteiger charge is 2.87. The van der Waals surface area contributed by atoms with Crippen molar-refractivity contribution >= 4 is 29.8 Å². The highest BCUT2D eigenvalue weighted by molar-refractivity contribution is 5.89. The van der Waals surface area contributed by atoms with Gasteiger partial charge in [0.25, 0.3) is 0 Å². The van der Waals surface area contributed by atoms with E-state index in [1.165, 1.54) is 26.0 Å². The maximum Gasteiger partial charge on any atom is 0.338 e. The second-order valence-electron chi connectivity index (χ2n) is 11.7. The van der Waals surface area contributed by atoms with Crippen LogP contribution in [0.5, 0.6) is 0 Å².